The summed E-state index contributed by atoms with van der Waals surface area (Å²) in [5, 5.41) is 1.05. The van der Waals surface area contributed by atoms with Crippen LogP contribution in [-0.4, -0.2) is 35.5 Å². The molecular weight excluding hydrogens is 284 g/mol. The number of thiazole rings is 1. The van der Waals surface area contributed by atoms with Crippen molar-refractivity contribution in [1.29, 1.82) is 0 Å². The number of rotatable bonds is 3. The van der Waals surface area contributed by atoms with Crippen molar-refractivity contribution in [3.05, 3.63) is 29.3 Å². The van der Waals surface area contributed by atoms with Crippen molar-refractivity contribution in [3.63, 3.8) is 0 Å². The number of benzene rings is 1. The fourth-order valence-corrected chi connectivity index (χ4v) is 3.93. The molecule has 112 valence electrons. The molecule has 1 saturated heterocycles. The first kappa shape index (κ1) is 14.5. The Hall–Kier alpha value is -1.46. The van der Waals surface area contributed by atoms with Gasteiger partial charge in [0.05, 0.1) is 16.3 Å². The molecule has 0 aliphatic carbocycles. The molecular formula is C16H20N2O2S. The number of likely N-dealkylation sites (tertiary alicyclic amines) is 1. The number of hydrogen-bond donors (Lipinski definition) is 0. The Morgan fingerprint density at radius 3 is 3.00 bits per heavy atom. The Bertz CT molecular complexity index is 607. The van der Waals surface area contributed by atoms with Gasteiger partial charge in [-0.15, -0.1) is 11.3 Å². The van der Waals surface area contributed by atoms with Gasteiger partial charge < -0.3 is 9.64 Å². The van der Waals surface area contributed by atoms with Gasteiger partial charge in [0.1, 0.15) is 11.1 Å². The number of hydrogen-bond acceptors (Lipinski definition) is 4. The molecule has 1 aromatic heterocycles. The highest BCUT2D eigenvalue weighted by Gasteiger charge is 2.32. The highest BCUT2D eigenvalue weighted by molar-refractivity contribution is 7.18. The first-order valence-corrected chi connectivity index (χ1v) is 8.21. The lowest BCUT2D eigenvalue weighted by Gasteiger charge is -2.35. The number of fused-ring (bicyclic) bond motifs is 1. The predicted molar refractivity (Wildman–Crippen MR) is 84.4 cm³/mol. The smallest absolute Gasteiger partial charge is 0.251 e. The van der Waals surface area contributed by atoms with Gasteiger partial charge in [0, 0.05) is 13.7 Å². The van der Waals surface area contributed by atoms with Crippen molar-refractivity contribution >= 4 is 27.5 Å². The molecule has 0 N–H and O–H groups in total. The number of carbonyl (C=O) groups excluding carboxylic acids is 1. The van der Waals surface area contributed by atoms with Crippen LogP contribution in [0.1, 0.15) is 37.2 Å². The van der Waals surface area contributed by atoms with E-state index in [4.69, 9.17) is 9.72 Å². The van der Waals surface area contributed by atoms with Crippen LogP contribution in [0.25, 0.3) is 10.2 Å². The molecule has 1 aliphatic heterocycles. The minimum absolute atomic E-state index is 0.0708. The molecule has 1 aromatic carbocycles. The third kappa shape index (κ3) is 2.80. The molecule has 2 aromatic rings. The van der Waals surface area contributed by atoms with Crippen LogP contribution in [0, 0.1) is 0 Å². The zero-order valence-electron chi connectivity index (χ0n) is 12.4. The Kier molecular flexibility index (Phi) is 4.22. The summed E-state index contributed by atoms with van der Waals surface area (Å²) >= 11 is 1.70. The van der Waals surface area contributed by atoms with Gasteiger partial charge in [0.25, 0.3) is 5.91 Å². The van der Waals surface area contributed by atoms with E-state index in [0.717, 1.165) is 36.3 Å². The van der Waals surface area contributed by atoms with Crippen LogP contribution in [0.4, 0.5) is 0 Å². The van der Waals surface area contributed by atoms with Crippen LogP contribution < -0.4 is 0 Å². The maximum Gasteiger partial charge on any atom is 0.251 e. The number of aromatic nitrogens is 1. The molecule has 1 aliphatic rings. The minimum atomic E-state index is -0.389. The Labute approximate surface area is 128 Å². The number of carbonyl (C=O) groups is 1. The van der Waals surface area contributed by atoms with E-state index >= 15 is 0 Å². The summed E-state index contributed by atoms with van der Waals surface area (Å²) in [6.45, 7) is 2.61. The number of methoxy groups -OCH3 is 1. The van der Waals surface area contributed by atoms with Gasteiger partial charge in [0.15, 0.2) is 0 Å². The third-order valence-corrected chi connectivity index (χ3v) is 5.22. The molecule has 2 atom stereocenters. The van der Waals surface area contributed by atoms with Crippen molar-refractivity contribution in [3.8, 4) is 0 Å². The van der Waals surface area contributed by atoms with Crippen LogP contribution in [0.2, 0.25) is 0 Å². The fourth-order valence-electron chi connectivity index (χ4n) is 2.82. The van der Waals surface area contributed by atoms with Crippen LogP contribution >= 0.6 is 11.3 Å². The van der Waals surface area contributed by atoms with Gasteiger partial charge in [-0.2, -0.15) is 0 Å². The van der Waals surface area contributed by atoms with Gasteiger partial charge in [-0.05, 0) is 38.3 Å². The number of ether oxygens (including phenoxy) is 1. The molecule has 0 spiro atoms. The van der Waals surface area contributed by atoms with Crippen molar-refractivity contribution in [1.82, 2.24) is 9.88 Å². The van der Waals surface area contributed by atoms with E-state index in [1.807, 2.05) is 30.0 Å². The molecule has 0 radical (unpaired) electrons. The maximum atomic E-state index is 12.5. The molecule has 21 heavy (non-hydrogen) atoms. The third-order valence-electron chi connectivity index (χ3n) is 4.08. The monoisotopic (exact) mass is 304 g/mol. The summed E-state index contributed by atoms with van der Waals surface area (Å²) in [5.74, 6) is 0.0708. The second-order valence-electron chi connectivity index (χ2n) is 5.44. The van der Waals surface area contributed by atoms with E-state index in [9.17, 15) is 4.79 Å². The highest BCUT2D eigenvalue weighted by Crippen LogP contribution is 2.35. The second kappa shape index (κ2) is 6.12. The number of para-hydroxylation sites is 1. The lowest BCUT2D eigenvalue weighted by Crippen LogP contribution is -2.43. The molecule has 0 bridgehead atoms. The van der Waals surface area contributed by atoms with E-state index in [-0.39, 0.29) is 18.1 Å². The normalized spacial score (nSPS) is 20.7. The zero-order valence-corrected chi connectivity index (χ0v) is 13.2. The fraction of sp³-hybridized carbons (Fsp3) is 0.500. The van der Waals surface area contributed by atoms with E-state index < -0.39 is 0 Å². The summed E-state index contributed by atoms with van der Waals surface area (Å²) in [5.41, 5.74) is 1.02. The Morgan fingerprint density at radius 1 is 1.43 bits per heavy atom. The second-order valence-corrected chi connectivity index (χ2v) is 6.50. The first-order valence-electron chi connectivity index (χ1n) is 7.39. The molecule has 4 nitrogen and oxygen atoms in total. The van der Waals surface area contributed by atoms with Crippen LogP contribution in [0.15, 0.2) is 24.3 Å². The topological polar surface area (TPSA) is 42.4 Å². The standard InChI is InChI=1S/C16H20N2O2S/c1-11(20-2)16(19)18-10-6-5-8-13(18)15-17-12-7-3-4-9-14(12)21-15/h3-4,7,9,11,13H,5-6,8,10H2,1-2H3/t11-,13-/m0/s1. The zero-order chi connectivity index (χ0) is 14.8. The number of piperidine rings is 1. The Morgan fingerprint density at radius 2 is 2.24 bits per heavy atom. The van der Waals surface area contributed by atoms with Gasteiger partial charge in [-0.1, -0.05) is 12.1 Å². The highest BCUT2D eigenvalue weighted by atomic mass is 32.1. The molecule has 3 rings (SSSR count). The van der Waals surface area contributed by atoms with Crippen molar-refractivity contribution in [2.45, 2.75) is 38.3 Å². The van der Waals surface area contributed by atoms with E-state index in [1.54, 1.807) is 18.4 Å². The Balaban J connectivity index is 1.91. The van der Waals surface area contributed by atoms with Crippen molar-refractivity contribution in [2.24, 2.45) is 0 Å². The largest absolute Gasteiger partial charge is 0.372 e. The summed E-state index contributed by atoms with van der Waals surface area (Å²) in [6, 6.07) is 8.25. The van der Waals surface area contributed by atoms with Crippen LogP contribution in [-0.2, 0) is 9.53 Å². The first-order chi connectivity index (χ1) is 10.2. The summed E-state index contributed by atoms with van der Waals surface area (Å²) in [4.78, 5) is 19.2. The molecule has 1 fully saturated rings. The molecule has 2 heterocycles. The van der Waals surface area contributed by atoms with Crippen LogP contribution in [0.5, 0.6) is 0 Å². The summed E-state index contributed by atoms with van der Waals surface area (Å²) in [7, 11) is 1.58. The molecule has 1 amide bonds. The van der Waals surface area contributed by atoms with E-state index in [0.29, 0.717) is 0 Å². The summed E-state index contributed by atoms with van der Waals surface area (Å²) in [6.07, 6.45) is 2.80. The number of nitrogens with zero attached hydrogens (tertiary/aromatic N) is 2. The average Bonchev–Trinajstić information content (AvgIpc) is 2.97. The predicted octanol–water partition coefficient (Wildman–Crippen LogP) is 3.38. The van der Waals surface area contributed by atoms with Gasteiger partial charge >= 0.3 is 0 Å². The average molecular weight is 304 g/mol. The molecule has 0 unspecified atom stereocenters. The molecule has 0 saturated carbocycles. The van der Waals surface area contributed by atoms with E-state index in [1.165, 1.54) is 4.70 Å². The number of amides is 1. The SMILES string of the molecule is CO[C@@H](C)C(=O)N1CCCC[C@H]1c1nc2ccccc2s1. The van der Waals surface area contributed by atoms with E-state index in [2.05, 4.69) is 6.07 Å². The maximum absolute atomic E-state index is 12.5. The van der Waals surface area contributed by atoms with Crippen molar-refractivity contribution in [2.75, 3.05) is 13.7 Å². The summed E-state index contributed by atoms with van der Waals surface area (Å²) < 4.78 is 6.39. The lowest BCUT2D eigenvalue weighted by atomic mass is 10.0. The van der Waals surface area contributed by atoms with Gasteiger partial charge in [0.2, 0.25) is 0 Å². The minimum Gasteiger partial charge on any atom is -0.372 e. The van der Waals surface area contributed by atoms with Crippen molar-refractivity contribution < 1.29 is 9.53 Å². The van der Waals surface area contributed by atoms with Gasteiger partial charge in [-0.25, -0.2) is 4.98 Å². The lowest BCUT2D eigenvalue weighted by molar-refractivity contribution is -0.145. The van der Waals surface area contributed by atoms with Crippen LogP contribution in [0.3, 0.4) is 0 Å². The van der Waals surface area contributed by atoms with Gasteiger partial charge in [-0.3, -0.25) is 4.79 Å². The molecule has 5 heteroatoms. The quantitative estimate of drug-likeness (QED) is 0.873.